The van der Waals surface area contributed by atoms with Gasteiger partial charge in [0.1, 0.15) is 0 Å². The molecular formula is C19H29N. The van der Waals surface area contributed by atoms with Crippen molar-refractivity contribution in [2.75, 3.05) is 0 Å². The molecule has 0 bridgehead atoms. The molecule has 0 N–H and O–H groups in total. The first-order chi connectivity index (χ1) is 9.65. The molecule has 1 rings (SSSR count). The molecule has 110 valence electrons. The molecule has 0 aliphatic carbocycles. The summed E-state index contributed by atoms with van der Waals surface area (Å²) in [5, 5.41) is 9.14. The lowest BCUT2D eigenvalue weighted by Gasteiger charge is -2.21. The Morgan fingerprint density at radius 1 is 1.10 bits per heavy atom. The van der Waals surface area contributed by atoms with Gasteiger partial charge in [0.2, 0.25) is 0 Å². The van der Waals surface area contributed by atoms with E-state index in [2.05, 4.69) is 45.9 Å². The summed E-state index contributed by atoms with van der Waals surface area (Å²) in [7, 11) is 0. The molecule has 1 heteroatoms. The predicted octanol–water partition coefficient (Wildman–Crippen LogP) is 5.83. The highest BCUT2D eigenvalue weighted by molar-refractivity contribution is 5.40. The zero-order valence-electron chi connectivity index (χ0n) is 13.6. The number of rotatable bonds is 8. The minimum absolute atomic E-state index is 0.622. The van der Waals surface area contributed by atoms with Gasteiger partial charge in [-0.05, 0) is 54.4 Å². The molecule has 0 saturated carbocycles. The highest BCUT2D eigenvalue weighted by Crippen LogP contribution is 2.32. The number of hydrogen-bond acceptors (Lipinski definition) is 1. The quantitative estimate of drug-likeness (QED) is 0.583. The summed E-state index contributed by atoms with van der Waals surface area (Å²) in [4.78, 5) is 0. The van der Waals surface area contributed by atoms with E-state index in [-0.39, 0.29) is 0 Å². The molecular weight excluding hydrogens is 242 g/mol. The molecule has 2 unspecified atom stereocenters. The zero-order chi connectivity index (χ0) is 15.0. The smallest absolute Gasteiger partial charge is 0.0991 e. The average Bonchev–Trinajstić information content (AvgIpc) is 2.50. The van der Waals surface area contributed by atoms with E-state index in [1.807, 2.05) is 6.07 Å². The highest BCUT2D eigenvalue weighted by atomic mass is 14.3. The first-order valence-electron chi connectivity index (χ1n) is 8.19. The van der Waals surface area contributed by atoms with Gasteiger partial charge in [0.05, 0.1) is 11.6 Å². The minimum atomic E-state index is 0.622. The van der Waals surface area contributed by atoms with Crippen molar-refractivity contribution in [1.29, 1.82) is 5.26 Å². The van der Waals surface area contributed by atoms with Crippen molar-refractivity contribution in [2.24, 2.45) is 5.92 Å². The monoisotopic (exact) mass is 271 g/mol. The lowest BCUT2D eigenvalue weighted by Crippen LogP contribution is -2.06. The second-order valence-electron chi connectivity index (χ2n) is 5.96. The summed E-state index contributed by atoms with van der Waals surface area (Å²) in [6, 6.07) is 8.54. The second-order valence-corrected chi connectivity index (χ2v) is 5.96. The van der Waals surface area contributed by atoms with Crippen LogP contribution in [0.25, 0.3) is 0 Å². The van der Waals surface area contributed by atoms with Gasteiger partial charge in [0.15, 0.2) is 0 Å². The van der Waals surface area contributed by atoms with E-state index in [0.29, 0.717) is 5.92 Å². The molecule has 0 amide bonds. The molecule has 0 aromatic heterocycles. The molecule has 0 aliphatic rings. The van der Waals surface area contributed by atoms with Gasteiger partial charge in [-0.1, -0.05) is 53.0 Å². The van der Waals surface area contributed by atoms with Gasteiger partial charge in [-0.15, -0.1) is 0 Å². The summed E-state index contributed by atoms with van der Waals surface area (Å²) in [6.45, 7) is 9.08. The van der Waals surface area contributed by atoms with E-state index < -0.39 is 0 Å². The molecule has 0 fully saturated rings. The number of nitriles is 1. The molecule has 1 nitrogen and oxygen atoms in total. The molecule has 0 heterocycles. The topological polar surface area (TPSA) is 23.8 Å². The molecule has 0 saturated heterocycles. The zero-order valence-corrected chi connectivity index (χ0v) is 13.6. The largest absolute Gasteiger partial charge is 0.192 e. The summed E-state index contributed by atoms with van der Waals surface area (Å²) in [5.74, 6) is 1.43. The summed E-state index contributed by atoms with van der Waals surface area (Å²) in [6.07, 6.45) is 7.32. The van der Waals surface area contributed by atoms with E-state index in [0.717, 1.165) is 17.9 Å². The summed E-state index contributed by atoms with van der Waals surface area (Å²) >= 11 is 0. The van der Waals surface area contributed by atoms with E-state index in [4.69, 9.17) is 5.26 Å². The lowest BCUT2D eigenvalue weighted by molar-refractivity contribution is 0.444. The summed E-state index contributed by atoms with van der Waals surface area (Å²) in [5.41, 5.74) is 3.66. The second kappa shape index (κ2) is 8.80. The van der Waals surface area contributed by atoms with Gasteiger partial charge in [0, 0.05) is 0 Å². The van der Waals surface area contributed by atoms with Crippen molar-refractivity contribution >= 4 is 0 Å². The van der Waals surface area contributed by atoms with Crippen LogP contribution in [0.1, 0.15) is 82.4 Å². The maximum absolute atomic E-state index is 9.14. The maximum Gasteiger partial charge on any atom is 0.0991 e. The first kappa shape index (κ1) is 16.8. The van der Waals surface area contributed by atoms with Crippen LogP contribution in [0.15, 0.2) is 18.2 Å². The third-order valence-corrected chi connectivity index (χ3v) is 4.44. The molecule has 20 heavy (non-hydrogen) atoms. The van der Waals surface area contributed by atoms with E-state index in [9.17, 15) is 0 Å². The van der Waals surface area contributed by atoms with E-state index >= 15 is 0 Å². The van der Waals surface area contributed by atoms with Crippen LogP contribution >= 0.6 is 0 Å². The van der Waals surface area contributed by atoms with Crippen LogP contribution in [0, 0.1) is 17.2 Å². The average molecular weight is 271 g/mol. The van der Waals surface area contributed by atoms with Crippen LogP contribution in [0.5, 0.6) is 0 Å². The van der Waals surface area contributed by atoms with Gasteiger partial charge in [0.25, 0.3) is 0 Å². The molecule has 0 spiro atoms. The predicted molar refractivity (Wildman–Crippen MR) is 86.9 cm³/mol. The molecule has 1 aromatic rings. The third-order valence-electron chi connectivity index (χ3n) is 4.44. The molecule has 2 atom stereocenters. The Bertz CT molecular complexity index is 442. The van der Waals surface area contributed by atoms with Crippen molar-refractivity contribution in [3.05, 3.63) is 34.9 Å². The van der Waals surface area contributed by atoms with Crippen molar-refractivity contribution in [2.45, 2.75) is 72.1 Å². The number of hydrogen-bond donors (Lipinski definition) is 0. The number of aryl methyl sites for hydroxylation is 1. The van der Waals surface area contributed by atoms with E-state index in [1.54, 1.807) is 0 Å². The van der Waals surface area contributed by atoms with Crippen LogP contribution < -0.4 is 0 Å². The van der Waals surface area contributed by atoms with Gasteiger partial charge < -0.3 is 0 Å². The van der Waals surface area contributed by atoms with E-state index in [1.165, 1.54) is 43.2 Å². The third kappa shape index (κ3) is 4.67. The van der Waals surface area contributed by atoms with Crippen molar-refractivity contribution in [3.63, 3.8) is 0 Å². The maximum atomic E-state index is 9.14. The van der Waals surface area contributed by atoms with Gasteiger partial charge in [-0.25, -0.2) is 0 Å². The van der Waals surface area contributed by atoms with Crippen LogP contribution in [0.4, 0.5) is 0 Å². The normalized spacial score (nSPS) is 13.8. The Labute approximate surface area is 125 Å². The van der Waals surface area contributed by atoms with Crippen LogP contribution in [-0.4, -0.2) is 0 Å². The fraction of sp³-hybridized carbons (Fsp3) is 0.632. The van der Waals surface area contributed by atoms with Crippen LogP contribution in [0.3, 0.4) is 0 Å². The van der Waals surface area contributed by atoms with Gasteiger partial charge in [-0.3, -0.25) is 0 Å². The van der Waals surface area contributed by atoms with Crippen LogP contribution in [0.2, 0.25) is 0 Å². The molecule has 0 radical (unpaired) electrons. The molecule has 0 aliphatic heterocycles. The van der Waals surface area contributed by atoms with Crippen LogP contribution in [-0.2, 0) is 6.42 Å². The van der Waals surface area contributed by atoms with Crippen molar-refractivity contribution in [1.82, 2.24) is 0 Å². The first-order valence-corrected chi connectivity index (χ1v) is 8.19. The molecule has 1 aromatic carbocycles. The Morgan fingerprint density at radius 2 is 1.85 bits per heavy atom. The van der Waals surface area contributed by atoms with Crippen molar-refractivity contribution in [3.8, 4) is 6.07 Å². The summed E-state index contributed by atoms with van der Waals surface area (Å²) < 4.78 is 0. The standard InChI is InChI=1S/C19H29N/c1-5-8-18(11-9-15(4)6-2)19-13-16(14-20)10-12-17(19)7-3/h10,12-13,15,18H,5-9,11H2,1-4H3. The number of benzene rings is 1. The Morgan fingerprint density at radius 3 is 2.40 bits per heavy atom. The fourth-order valence-corrected chi connectivity index (χ4v) is 2.86. The van der Waals surface area contributed by atoms with Gasteiger partial charge in [-0.2, -0.15) is 5.26 Å². The van der Waals surface area contributed by atoms with Crippen molar-refractivity contribution < 1.29 is 0 Å². The minimum Gasteiger partial charge on any atom is -0.192 e. The van der Waals surface area contributed by atoms with Gasteiger partial charge >= 0.3 is 0 Å². The Kier molecular flexibility index (Phi) is 7.37. The Balaban J connectivity index is 2.97. The Hall–Kier alpha value is -1.29. The lowest BCUT2D eigenvalue weighted by atomic mass is 9.83. The number of nitrogens with zero attached hydrogens (tertiary/aromatic N) is 1. The fourth-order valence-electron chi connectivity index (χ4n) is 2.86. The SMILES string of the molecule is CCCC(CCC(C)CC)c1cc(C#N)ccc1CC. The highest BCUT2D eigenvalue weighted by Gasteiger charge is 2.16.